The van der Waals surface area contributed by atoms with Gasteiger partial charge in [0.25, 0.3) is 0 Å². The Morgan fingerprint density at radius 3 is 2.75 bits per heavy atom. The Bertz CT molecular complexity index is 490. The minimum Gasteiger partial charge on any atom is -0.381 e. The SMILES string of the molecule is C/C(=C\c1ccc(F)cc1)C(=O)N[C@H](C)[C@H]1CCOC1. The first kappa shape index (κ1) is 14.7. The van der Waals surface area contributed by atoms with Crippen LogP contribution < -0.4 is 5.32 Å². The quantitative estimate of drug-likeness (QED) is 0.859. The highest BCUT2D eigenvalue weighted by Crippen LogP contribution is 2.17. The topological polar surface area (TPSA) is 38.3 Å². The second-order valence-corrected chi connectivity index (χ2v) is 5.26. The van der Waals surface area contributed by atoms with Crippen LogP contribution in [0.1, 0.15) is 25.8 Å². The number of ether oxygens (including phenoxy) is 1. The maximum absolute atomic E-state index is 12.8. The molecule has 1 heterocycles. The third kappa shape index (κ3) is 3.90. The largest absolute Gasteiger partial charge is 0.381 e. The second-order valence-electron chi connectivity index (χ2n) is 5.26. The van der Waals surface area contributed by atoms with E-state index in [2.05, 4.69) is 5.32 Å². The standard InChI is InChI=1S/C16H20FNO2/c1-11(9-13-3-5-15(17)6-4-13)16(19)18-12(2)14-7-8-20-10-14/h3-6,9,12,14H,7-8,10H2,1-2H3,(H,18,19)/b11-9+/t12-,14+/m1/s1. The molecule has 1 aromatic carbocycles. The van der Waals surface area contributed by atoms with Gasteiger partial charge in [-0.05, 0) is 44.0 Å². The number of amides is 1. The second kappa shape index (κ2) is 6.66. The van der Waals surface area contributed by atoms with E-state index >= 15 is 0 Å². The van der Waals surface area contributed by atoms with Gasteiger partial charge in [-0.2, -0.15) is 0 Å². The van der Waals surface area contributed by atoms with Crippen molar-refractivity contribution < 1.29 is 13.9 Å². The minimum absolute atomic E-state index is 0.0891. The molecule has 1 N–H and O–H groups in total. The van der Waals surface area contributed by atoms with E-state index in [1.807, 2.05) is 6.92 Å². The van der Waals surface area contributed by atoms with E-state index in [-0.39, 0.29) is 17.8 Å². The lowest BCUT2D eigenvalue weighted by atomic mass is 10.0. The zero-order chi connectivity index (χ0) is 14.5. The van der Waals surface area contributed by atoms with Crippen molar-refractivity contribution in [2.75, 3.05) is 13.2 Å². The molecule has 2 rings (SSSR count). The Kier molecular flexibility index (Phi) is 4.90. The van der Waals surface area contributed by atoms with Crippen LogP contribution in [0.3, 0.4) is 0 Å². The first-order valence-electron chi connectivity index (χ1n) is 6.89. The van der Waals surface area contributed by atoms with Crippen molar-refractivity contribution in [3.63, 3.8) is 0 Å². The summed E-state index contributed by atoms with van der Waals surface area (Å²) in [6.45, 7) is 5.25. The van der Waals surface area contributed by atoms with Crippen molar-refractivity contribution in [3.05, 3.63) is 41.2 Å². The van der Waals surface area contributed by atoms with Gasteiger partial charge >= 0.3 is 0 Å². The highest BCUT2D eigenvalue weighted by molar-refractivity contribution is 5.97. The molecule has 0 aliphatic carbocycles. The van der Waals surface area contributed by atoms with Gasteiger partial charge in [0.05, 0.1) is 6.61 Å². The summed E-state index contributed by atoms with van der Waals surface area (Å²) in [5.41, 5.74) is 1.43. The van der Waals surface area contributed by atoms with Crippen LogP contribution in [0.25, 0.3) is 6.08 Å². The Morgan fingerprint density at radius 1 is 1.45 bits per heavy atom. The maximum atomic E-state index is 12.8. The zero-order valence-electron chi connectivity index (χ0n) is 11.9. The van der Waals surface area contributed by atoms with Crippen LogP contribution in [0.2, 0.25) is 0 Å². The predicted molar refractivity (Wildman–Crippen MR) is 76.6 cm³/mol. The van der Waals surface area contributed by atoms with E-state index in [0.717, 1.165) is 18.6 Å². The Hall–Kier alpha value is -1.68. The van der Waals surface area contributed by atoms with Crippen LogP contribution in [-0.4, -0.2) is 25.2 Å². The molecule has 1 fully saturated rings. The average Bonchev–Trinajstić information content (AvgIpc) is 2.95. The van der Waals surface area contributed by atoms with Crippen LogP contribution in [-0.2, 0) is 9.53 Å². The predicted octanol–water partition coefficient (Wildman–Crippen LogP) is 2.77. The lowest BCUT2D eigenvalue weighted by Crippen LogP contribution is -2.38. The molecule has 1 aliphatic rings. The van der Waals surface area contributed by atoms with Crippen LogP contribution in [0.4, 0.5) is 4.39 Å². The summed E-state index contributed by atoms with van der Waals surface area (Å²) in [4.78, 5) is 12.1. The molecule has 0 unspecified atom stereocenters. The fourth-order valence-corrected chi connectivity index (χ4v) is 2.26. The van der Waals surface area contributed by atoms with Crippen molar-refractivity contribution in [1.82, 2.24) is 5.32 Å². The smallest absolute Gasteiger partial charge is 0.247 e. The van der Waals surface area contributed by atoms with E-state index in [4.69, 9.17) is 4.74 Å². The number of hydrogen-bond donors (Lipinski definition) is 1. The molecule has 0 bridgehead atoms. The number of hydrogen-bond acceptors (Lipinski definition) is 2. The molecule has 2 atom stereocenters. The molecule has 4 heteroatoms. The molecule has 108 valence electrons. The number of halogens is 1. The lowest BCUT2D eigenvalue weighted by molar-refractivity contribution is -0.118. The van der Waals surface area contributed by atoms with Gasteiger partial charge in [0.15, 0.2) is 0 Å². The Labute approximate surface area is 118 Å². The Balaban J connectivity index is 1.95. The molecule has 0 aromatic heterocycles. The first-order chi connectivity index (χ1) is 9.56. The van der Waals surface area contributed by atoms with Crippen LogP contribution in [0.15, 0.2) is 29.8 Å². The summed E-state index contributed by atoms with van der Waals surface area (Å²) >= 11 is 0. The molecule has 3 nitrogen and oxygen atoms in total. The fourth-order valence-electron chi connectivity index (χ4n) is 2.26. The maximum Gasteiger partial charge on any atom is 0.247 e. The summed E-state index contributed by atoms with van der Waals surface area (Å²) < 4.78 is 18.1. The third-order valence-corrected chi connectivity index (χ3v) is 3.64. The first-order valence-corrected chi connectivity index (χ1v) is 6.89. The number of carbonyl (C=O) groups is 1. The van der Waals surface area contributed by atoms with Gasteiger partial charge in [-0.3, -0.25) is 4.79 Å². The minimum atomic E-state index is -0.279. The fraction of sp³-hybridized carbons (Fsp3) is 0.438. The molecule has 0 radical (unpaired) electrons. The highest BCUT2D eigenvalue weighted by atomic mass is 19.1. The van der Waals surface area contributed by atoms with Crippen molar-refractivity contribution in [3.8, 4) is 0 Å². The molecule has 1 aliphatic heterocycles. The molecule has 0 spiro atoms. The Morgan fingerprint density at radius 2 is 2.15 bits per heavy atom. The highest BCUT2D eigenvalue weighted by Gasteiger charge is 2.23. The van der Waals surface area contributed by atoms with E-state index < -0.39 is 0 Å². The van der Waals surface area contributed by atoms with Crippen LogP contribution in [0, 0.1) is 11.7 Å². The summed E-state index contributed by atoms with van der Waals surface area (Å²) in [6, 6.07) is 6.17. The number of benzene rings is 1. The molecule has 1 amide bonds. The molecular weight excluding hydrogens is 257 g/mol. The lowest BCUT2D eigenvalue weighted by Gasteiger charge is -2.19. The van der Waals surface area contributed by atoms with Crippen molar-refractivity contribution in [2.45, 2.75) is 26.3 Å². The summed E-state index contributed by atoms with van der Waals surface area (Å²) in [7, 11) is 0. The van der Waals surface area contributed by atoms with Gasteiger partial charge in [0.1, 0.15) is 5.82 Å². The molecule has 1 aromatic rings. The summed E-state index contributed by atoms with van der Waals surface area (Å²) in [5, 5.41) is 2.99. The third-order valence-electron chi connectivity index (χ3n) is 3.64. The van der Waals surface area contributed by atoms with Crippen LogP contribution >= 0.6 is 0 Å². The van der Waals surface area contributed by atoms with Crippen molar-refractivity contribution in [1.29, 1.82) is 0 Å². The molecule has 1 saturated heterocycles. The number of carbonyl (C=O) groups excluding carboxylic acids is 1. The van der Waals surface area contributed by atoms with Gasteiger partial charge in [0, 0.05) is 24.1 Å². The van der Waals surface area contributed by atoms with Crippen LogP contribution in [0.5, 0.6) is 0 Å². The van der Waals surface area contributed by atoms with E-state index in [0.29, 0.717) is 18.1 Å². The molecule has 20 heavy (non-hydrogen) atoms. The van der Waals surface area contributed by atoms with Gasteiger partial charge < -0.3 is 10.1 Å². The van der Waals surface area contributed by atoms with Gasteiger partial charge in [-0.15, -0.1) is 0 Å². The average molecular weight is 277 g/mol. The zero-order valence-corrected chi connectivity index (χ0v) is 11.9. The van der Waals surface area contributed by atoms with E-state index in [9.17, 15) is 9.18 Å². The summed E-state index contributed by atoms with van der Waals surface area (Å²) in [6.07, 6.45) is 2.74. The van der Waals surface area contributed by atoms with E-state index in [1.165, 1.54) is 12.1 Å². The monoisotopic (exact) mass is 277 g/mol. The van der Waals surface area contributed by atoms with Gasteiger partial charge in [-0.1, -0.05) is 12.1 Å². The number of nitrogens with one attached hydrogen (secondary N) is 1. The van der Waals surface area contributed by atoms with Gasteiger partial charge in [0.2, 0.25) is 5.91 Å². The summed E-state index contributed by atoms with van der Waals surface area (Å²) in [5.74, 6) is 0.0189. The molecule has 0 saturated carbocycles. The van der Waals surface area contributed by atoms with Crippen molar-refractivity contribution >= 4 is 12.0 Å². The number of rotatable bonds is 4. The van der Waals surface area contributed by atoms with E-state index in [1.54, 1.807) is 25.1 Å². The molecular formula is C16H20FNO2. The van der Waals surface area contributed by atoms with Crippen molar-refractivity contribution in [2.24, 2.45) is 5.92 Å². The van der Waals surface area contributed by atoms with Gasteiger partial charge in [-0.25, -0.2) is 4.39 Å². The normalized spacial score (nSPS) is 20.8.